The topological polar surface area (TPSA) is 97.0 Å². The molecule has 0 saturated carbocycles. The Morgan fingerprint density at radius 1 is 1.60 bits per heavy atom. The molecule has 0 radical (unpaired) electrons. The van der Waals surface area contributed by atoms with Gasteiger partial charge in [0, 0.05) is 5.88 Å². The number of halogens is 1. The number of hydrogen-bond acceptors (Lipinski definition) is 5. The first-order valence-electron chi connectivity index (χ1n) is 4.10. The molecule has 0 aliphatic heterocycles. The van der Waals surface area contributed by atoms with Crippen molar-refractivity contribution in [3.05, 3.63) is 0 Å². The van der Waals surface area contributed by atoms with Crippen molar-refractivity contribution < 1.29 is 13.2 Å². The molecule has 2 N–H and O–H groups in total. The number of anilines is 1. The van der Waals surface area contributed by atoms with E-state index in [-0.39, 0.29) is 17.7 Å². The molecule has 0 saturated heterocycles. The lowest BCUT2D eigenvalue weighted by Gasteiger charge is -2.02. The van der Waals surface area contributed by atoms with Crippen molar-refractivity contribution in [2.75, 3.05) is 23.5 Å². The van der Waals surface area contributed by atoms with Crippen molar-refractivity contribution in [3.63, 3.8) is 0 Å². The van der Waals surface area contributed by atoms with E-state index in [2.05, 4.69) is 24.6 Å². The van der Waals surface area contributed by atoms with E-state index >= 15 is 0 Å². The molecule has 86 valence electrons. The molecule has 0 unspecified atom stereocenters. The van der Waals surface area contributed by atoms with E-state index in [4.69, 9.17) is 11.6 Å². The molecule has 1 aromatic heterocycles. The molecule has 0 amide bonds. The van der Waals surface area contributed by atoms with E-state index in [0.29, 0.717) is 12.3 Å². The second kappa shape index (κ2) is 5.17. The lowest BCUT2D eigenvalue weighted by molar-refractivity contribution is 0.382. The number of nitrogens with zero attached hydrogens (tertiary/aromatic N) is 2. The number of rotatable bonds is 6. The summed E-state index contributed by atoms with van der Waals surface area (Å²) in [6.07, 6.45) is 0.377. The van der Waals surface area contributed by atoms with Gasteiger partial charge in [-0.1, -0.05) is 0 Å². The lowest BCUT2D eigenvalue weighted by Crippen LogP contribution is -2.17. The Kier molecular flexibility index (Phi) is 4.15. The van der Waals surface area contributed by atoms with E-state index < -0.39 is 10.0 Å². The van der Waals surface area contributed by atoms with Gasteiger partial charge in [0.05, 0.1) is 12.9 Å². The largest absolute Gasteiger partial charge is 0.466 e. The summed E-state index contributed by atoms with van der Waals surface area (Å²) in [5, 5.41) is 5.97. The van der Waals surface area contributed by atoms with Crippen LogP contribution in [-0.2, 0) is 10.0 Å². The van der Waals surface area contributed by atoms with Crippen LogP contribution in [0, 0.1) is 0 Å². The van der Waals surface area contributed by atoms with Gasteiger partial charge in [0.15, 0.2) is 0 Å². The van der Waals surface area contributed by atoms with E-state index in [9.17, 15) is 8.42 Å². The quantitative estimate of drug-likeness (QED) is 0.706. The second-order valence-corrected chi connectivity index (χ2v) is 4.85. The number of aromatic amines is 1. The maximum absolute atomic E-state index is 11.4. The lowest BCUT2D eigenvalue weighted by atomic mass is 10.6. The molecule has 1 rings (SSSR count). The molecule has 7 nitrogen and oxygen atoms in total. The average Bonchev–Trinajstić information content (AvgIpc) is 2.62. The second-order valence-electron chi connectivity index (χ2n) is 2.63. The zero-order valence-electron chi connectivity index (χ0n) is 8.03. The molecule has 0 spiro atoms. The molecular formula is C6H11ClN4O3S. The summed E-state index contributed by atoms with van der Waals surface area (Å²) in [6, 6.07) is 0.0741. The van der Waals surface area contributed by atoms with Crippen LogP contribution in [0.5, 0.6) is 6.01 Å². The normalized spacial score (nSPS) is 11.3. The number of sulfonamides is 1. The summed E-state index contributed by atoms with van der Waals surface area (Å²) in [5.41, 5.74) is 0. The van der Waals surface area contributed by atoms with Crippen molar-refractivity contribution in [2.45, 2.75) is 6.42 Å². The van der Waals surface area contributed by atoms with Crippen LogP contribution in [0.15, 0.2) is 0 Å². The Hall–Kier alpha value is -1.02. The van der Waals surface area contributed by atoms with Crippen LogP contribution in [0.1, 0.15) is 6.42 Å². The van der Waals surface area contributed by atoms with Gasteiger partial charge in [-0.3, -0.25) is 4.72 Å². The van der Waals surface area contributed by atoms with Gasteiger partial charge >= 0.3 is 6.01 Å². The Labute approximate surface area is 92.2 Å². The molecular weight excluding hydrogens is 244 g/mol. The predicted octanol–water partition coefficient (Wildman–Crippen LogP) is 0.184. The Bertz CT molecular complexity index is 404. The number of aromatic nitrogens is 3. The highest BCUT2D eigenvalue weighted by molar-refractivity contribution is 7.92. The van der Waals surface area contributed by atoms with Gasteiger partial charge in [-0.15, -0.1) is 16.7 Å². The SMILES string of the molecule is COc1n[nH]c(NS(=O)(=O)CCCCl)n1. The van der Waals surface area contributed by atoms with E-state index in [1.54, 1.807) is 0 Å². The first-order valence-corrected chi connectivity index (χ1v) is 6.29. The standard InChI is InChI=1S/C6H11ClN4O3S/c1-14-6-8-5(9-10-6)11-15(12,13)4-2-3-7/h2-4H2,1H3,(H2,8,9,10,11). The van der Waals surface area contributed by atoms with Gasteiger partial charge in [0.25, 0.3) is 0 Å². The Balaban J connectivity index is 2.60. The van der Waals surface area contributed by atoms with Gasteiger partial charge in [0.2, 0.25) is 16.0 Å². The monoisotopic (exact) mass is 254 g/mol. The van der Waals surface area contributed by atoms with Crippen LogP contribution in [0.3, 0.4) is 0 Å². The Morgan fingerprint density at radius 2 is 2.33 bits per heavy atom. The number of methoxy groups -OCH3 is 1. The van der Waals surface area contributed by atoms with Gasteiger partial charge in [0.1, 0.15) is 0 Å². The third-order valence-corrected chi connectivity index (χ3v) is 3.04. The van der Waals surface area contributed by atoms with Crippen molar-refractivity contribution in [3.8, 4) is 6.01 Å². The fourth-order valence-corrected chi connectivity index (χ4v) is 2.13. The molecule has 9 heteroatoms. The highest BCUT2D eigenvalue weighted by Crippen LogP contribution is 2.07. The number of ether oxygens (including phenoxy) is 1. The highest BCUT2D eigenvalue weighted by Gasteiger charge is 2.12. The van der Waals surface area contributed by atoms with E-state index in [1.165, 1.54) is 7.11 Å². The highest BCUT2D eigenvalue weighted by atomic mass is 35.5. The number of nitrogens with one attached hydrogen (secondary N) is 2. The average molecular weight is 255 g/mol. The zero-order valence-corrected chi connectivity index (χ0v) is 9.60. The van der Waals surface area contributed by atoms with Gasteiger partial charge in [-0.05, 0) is 6.42 Å². The first kappa shape index (κ1) is 12.1. The summed E-state index contributed by atoms with van der Waals surface area (Å²) in [6.45, 7) is 0. The molecule has 1 aromatic rings. The minimum atomic E-state index is -3.42. The minimum absolute atomic E-state index is 0.0291. The summed E-state index contributed by atoms with van der Waals surface area (Å²) in [5.74, 6) is 0.265. The molecule has 0 aliphatic rings. The predicted molar refractivity (Wildman–Crippen MR) is 55.7 cm³/mol. The van der Waals surface area contributed by atoms with E-state index in [0.717, 1.165) is 0 Å². The van der Waals surface area contributed by atoms with Gasteiger partial charge in [-0.2, -0.15) is 4.98 Å². The molecule has 15 heavy (non-hydrogen) atoms. The fraction of sp³-hybridized carbons (Fsp3) is 0.667. The van der Waals surface area contributed by atoms with Crippen molar-refractivity contribution in [1.29, 1.82) is 0 Å². The minimum Gasteiger partial charge on any atom is -0.466 e. The third kappa shape index (κ3) is 3.92. The number of hydrogen-bond donors (Lipinski definition) is 2. The van der Waals surface area contributed by atoms with Crippen molar-refractivity contribution in [2.24, 2.45) is 0 Å². The zero-order chi connectivity index (χ0) is 11.3. The third-order valence-electron chi connectivity index (χ3n) is 1.45. The van der Waals surface area contributed by atoms with Gasteiger partial charge < -0.3 is 4.74 Å². The smallest absolute Gasteiger partial charge is 0.336 e. The van der Waals surface area contributed by atoms with Crippen LogP contribution in [0.4, 0.5) is 5.95 Å². The van der Waals surface area contributed by atoms with Gasteiger partial charge in [-0.25, -0.2) is 13.5 Å². The molecule has 0 aliphatic carbocycles. The molecule has 1 heterocycles. The summed E-state index contributed by atoms with van der Waals surface area (Å²) in [4.78, 5) is 3.71. The van der Waals surface area contributed by atoms with E-state index in [1.807, 2.05) is 0 Å². The van der Waals surface area contributed by atoms with Crippen molar-refractivity contribution >= 4 is 27.6 Å². The molecule has 0 atom stereocenters. The first-order chi connectivity index (χ1) is 7.07. The maximum atomic E-state index is 11.4. The van der Waals surface area contributed by atoms with Crippen LogP contribution < -0.4 is 9.46 Å². The van der Waals surface area contributed by atoms with Crippen LogP contribution >= 0.6 is 11.6 Å². The summed E-state index contributed by atoms with van der Waals surface area (Å²) < 4.78 is 29.6. The Morgan fingerprint density at radius 3 is 2.87 bits per heavy atom. The number of H-pyrrole nitrogens is 1. The molecule has 0 bridgehead atoms. The van der Waals surface area contributed by atoms with Crippen molar-refractivity contribution in [1.82, 2.24) is 15.2 Å². The maximum Gasteiger partial charge on any atom is 0.336 e. The molecule has 0 aromatic carbocycles. The molecule has 0 fully saturated rings. The van der Waals surface area contributed by atoms with Crippen LogP contribution in [0.2, 0.25) is 0 Å². The summed E-state index contributed by atoms with van der Waals surface area (Å²) >= 11 is 5.39. The fourth-order valence-electron chi connectivity index (χ4n) is 0.826. The number of alkyl halides is 1. The summed E-state index contributed by atoms with van der Waals surface area (Å²) in [7, 11) is -2.03. The van der Waals surface area contributed by atoms with Crippen LogP contribution in [-0.4, -0.2) is 42.3 Å². The van der Waals surface area contributed by atoms with Crippen LogP contribution in [0.25, 0.3) is 0 Å².